The molecule has 102 valence electrons. The van der Waals surface area contributed by atoms with E-state index in [0.717, 1.165) is 4.57 Å². The fraction of sp³-hybridized carbons (Fsp3) is 0.455. The molecule has 8 heteroatoms. The zero-order chi connectivity index (χ0) is 13.8. The lowest BCUT2D eigenvalue weighted by molar-refractivity contribution is -0.131. The number of aromatic nitrogens is 2. The van der Waals surface area contributed by atoms with Crippen molar-refractivity contribution in [3.63, 3.8) is 0 Å². The number of H-pyrrole nitrogens is 1. The van der Waals surface area contributed by atoms with Crippen molar-refractivity contribution >= 4 is 11.8 Å². The maximum Gasteiger partial charge on any atom is 0.328 e. The Labute approximate surface area is 108 Å². The van der Waals surface area contributed by atoms with Gasteiger partial charge in [0, 0.05) is 38.3 Å². The smallest absolute Gasteiger partial charge is 0.328 e. The van der Waals surface area contributed by atoms with Crippen LogP contribution in [-0.4, -0.2) is 45.9 Å². The number of nitrogens with one attached hydrogen (secondary N) is 2. The molecule has 2 N–H and O–H groups in total. The molecule has 8 nitrogen and oxygen atoms in total. The molecule has 1 aromatic rings. The van der Waals surface area contributed by atoms with Gasteiger partial charge >= 0.3 is 5.69 Å². The van der Waals surface area contributed by atoms with Crippen LogP contribution in [0.1, 0.15) is 6.42 Å². The van der Waals surface area contributed by atoms with Crippen molar-refractivity contribution in [3.8, 4) is 0 Å². The van der Waals surface area contributed by atoms with Crippen LogP contribution in [0.3, 0.4) is 0 Å². The molecule has 0 spiro atoms. The molecule has 1 saturated heterocycles. The molecule has 2 heterocycles. The molecule has 1 aliphatic rings. The lowest BCUT2D eigenvalue weighted by Crippen LogP contribution is -2.39. The monoisotopic (exact) mass is 266 g/mol. The van der Waals surface area contributed by atoms with E-state index in [4.69, 9.17) is 0 Å². The highest BCUT2D eigenvalue weighted by Gasteiger charge is 2.18. The molecule has 2 amide bonds. The van der Waals surface area contributed by atoms with Crippen molar-refractivity contribution in [2.45, 2.75) is 13.0 Å². The largest absolute Gasteiger partial charge is 0.354 e. The molecule has 1 aliphatic heterocycles. The van der Waals surface area contributed by atoms with Crippen LogP contribution in [0, 0.1) is 0 Å². The first-order valence-corrected chi connectivity index (χ1v) is 5.90. The van der Waals surface area contributed by atoms with E-state index in [9.17, 15) is 19.2 Å². The van der Waals surface area contributed by atoms with E-state index in [-0.39, 0.29) is 24.8 Å². The van der Waals surface area contributed by atoms with Crippen LogP contribution >= 0.6 is 0 Å². The van der Waals surface area contributed by atoms with E-state index in [1.165, 1.54) is 17.2 Å². The third kappa shape index (κ3) is 3.30. The van der Waals surface area contributed by atoms with Crippen molar-refractivity contribution in [2.75, 3.05) is 19.6 Å². The van der Waals surface area contributed by atoms with E-state index in [0.29, 0.717) is 19.6 Å². The van der Waals surface area contributed by atoms with Crippen molar-refractivity contribution < 1.29 is 9.59 Å². The highest BCUT2D eigenvalue weighted by molar-refractivity contribution is 5.80. The lowest BCUT2D eigenvalue weighted by Gasteiger charge is -2.19. The molecule has 1 aromatic heterocycles. The Morgan fingerprint density at radius 1 is 1.26 bits per heavy atom. The molecule has 0 saturated carbocycles. The predicted octanol–water partition coefficient (Wildman–Crippen LogP) is -2.11. The molecule has 0 atom stereocenters. The summed E-state index contributed by atoms with van der Waals surface area (Å²) in [6, 6.07) is 1.18. The maximum absolute atomic E-state index is 12.0. The average molecular weight is 266 g/mol. The summed E-state index contributed by atoms with van der Waals surface area (Å²) in [4.78, 5) is 49.1. The third-order valence-corrected chi connectivity index (χ3v) is 2.87. The minimum absolute atomic E-state index is 0.0866. The number of nitrogens with zero attached hydrogens (tertiary/aromatic N) is 2. The summed E-state index contributed by atoms with van der Waals surface area (Å²) in [5, 5.41) is 2.66. The van der Waals surface area contributed by atoms with Crippen LogP contribution in [0.5, 0.6) is 0 Å². The van der Waals surface area contributed by atoms with Gasteiger partial charge in [0.2, 0.25) is 11.8 Å². The van der Waals surface area contributed by atoms with Gasteiger partial charge in [-0.2, -0.15) is 0 Å². The summed E-state index contributed by atoms with van der Waals surface area (Å²) in [6.07, 6.45) is 1.53. The van der Waals surface area contributed by atoms with Crippen molar-refractivity contribution in [3.05, 3.63) is 33.1 Å². The number of aromatic amines is 1. The summed E-state index contributed by atoms with van der Waals surface area (Å²) in [7, 11) is 0. The van der Waals surface area contributed by atoms with Gasteiger partial charge in [0.15, 0.2) is 0 Å². The van der Waals surface area contributed by atoms with Gasteiger partial charge in [0.25, 0.3) is 5.56 Å². The Morgan fingerprint density at radius 3 is 2.79 bits per heavy atom. The van der Waals surface area contributed by atoms with E-state index < -0.39 is 11.2 Å². The first-order valence-electron chi connectivity index (χ1n) is 5.90. The number of hydrogen-bond donors (Lipinski definition) is 2. The molecule has 19 heavy (non-hydrogen) atoms. The first-order chi connectivity index (χ1) is 9.06. The number of carbonyl (C=O) groups is 2. The zero-order valence-electron chi connectivity index (χ0n) is 10.2. The molecule has 0 unspecified atom stereocenters. The molecular weight excluding hydrogens is 252 g/mol. The van der Waals surface area contributed by atoms with E-state index in [1.54, 1.807) is 0 Å². The SMILES string of the molecule is O=C1CCN(C(=O)Cn2ccc(=O)[nH]c2=O)CCN1. The normalized spacial score (nSPS) is 15.8. The van der Waals surface area contributed by atoms with Gasteiger partial charge in [0.05, 0.1) is 0 Å². The van der Waals surface area contributed by atoms with Crippen LogP contribution in [0.25, 0.3) is 0 Å². The Hall–Kier alpha value is -2.38. The molecular formula is C11H14N4O4. The molecule has 0 aliphatic carbocycles. The minimum atomic E-state index is -0.620. The van der Waals surface area contributed by atoms with Gasteiger partial charge < -0.3 is 10.2 Å². The highest BCUT2D eigenvalue weighted by Crippen LogP contribution is 1.98. The first kappa shape index (κ1) is 13.1. The van der Waals surface area contributed by atoms with E-state index in [2.05, 4.69) is 10.3 Å². The molecule has 0 bridgehead atoms. The quantitative estimate of drug-likeness (QED) is 0.639. The standard InChI is InChI=1S/C11H14N4O4/c16-8-1-4-14(6-3-12-8)10(18)7-15-5-2-9(17)13-11(15)19/h2,5H,1,3-4,6-7H2,(H,12,16)(H,13,17,19). The van der Waals surface area contributed by atoms with Crippen LogP contribution in [0.2, 0.25) is 0 Å². The summed E-state index contributed by atoms with van der Waals surface area (Å²) in [5.74, 6) is -0.345. The molecule has 0 radical (unpaired) electrons. The lowest BCUT2D eigenvalue weighted by atomic mass is 10.3. The minimum Gasteiger partial charge on any atom is -0.354 e. The Morgan fingerprint density at radius 2 is 2.05 bits per heavy atom. The average Bonchev–Trinajstić information content (AvgIpc) is 2.57. The zero-order valence-corrected chi connectivity index (χ0v) is 10.2. The van der Waals surface area contributed by atoms with Gasteiger partial charge in [-0.25, -0.2) is 4.79 Å². The summed E-state index contributed by atoms with van der Waals surface area (Å²) >= 11 is 0. The number of hydrogen-bond acceptors (Lipinski definition) is 4. The van der Waals surface area contributed by atoms with Crippen LogP contribution in [0.15, 0.2) is 21.9 Å². The maximum atomic E-state index is 12.0. The van der Waals surface area contributed by atoms with Crippen molar-refractivity contribution in [1.29, 1.82) is 0 Å². The fourth-order valence-electron chi connectivity index (χ4n) is 1.83. The van der Waals surface area contributed by atoms with Gasteiger partial charge in [-0.05, 0) is 0 Å². The molecule has 0 aromatic carbocycles. The van der Waals surface area contributed by atoms with Crippen molar-refractivity contribution in [1.82, 2.24) is 19.8 Å². The summed E-state index contributed by atoms with van der Waals surface area (Å²) in [6.45, 7) is 1.01. The molecule has 1 fully saturated rings. The van der Waals surface area contributed by atoms with Crippen LogP contribution in [0.4, 0.5) is 0 Å². The van der Waals surface area contributed by atoms with Crippen LogP contribution in [-0.2, 0) is 16.1 Å². The van der Waals surface area contributed by atoms with Crippen LogP contribution < -0.4 is 16.6 Å². The van der Waals surface area contributed by atoms with E-state index in [1.807, 2.05) is 0 Å². The van der Waals surface area contributed by atoms with Gasteiger partial charge in [-0.1, -0.05) is 0 Å². The number of amides is 2. The second-order valence-corrected chi connectivity index (χ2v) is 4.22. The van der Waals surface area contributed by atoms with Gasteiger partial charge in [-0.15, -0.1) is 0 Å². The Balaban J connectivity index is 2.06. The van der Waals surface area contributed by atoms with E-state index >= 15 is 0 Å². The number of carbonyl (C=O) groups excluding carboxylic acids is 2. The second-order valence-electron chi connectivity index (χ2n) is 4.22. The predicted molar refractivity (Wildman–Crippen MR) is 65.5 cm³/mol. The topological polar surface area (TPSA) is 104 Å². The summed E-state index contributed by atoms with van der Waals surface area (Å²) in [5.41, 5.74) is -1.12. The van der Waals surface area contributed by atoms with Gasteiger partial charge in [-0.3, -0.25) is 23.9 Å². The Bertz CT molecular complexity index is 603. The third-order valence-electron chi connectivity index (χ3n) is 2.87. The fourth-order valence-corrected chi connectivity index (χ4v) is 1.83. The van der Waals surface area contributed by atoms with Crippen molar-refractivity contribution in [2.24, 2.45) is 0 Å². The molecule has 2 rings (SSSR count). The van der Waals surface area contributed by atoms with Gasteiger partial charge in [0.1, 0.15) is 6.54 Å². The number of rotatable bonds is 2. The second kappa shape index (κ2) is 5.51. The Kier molecular flexibility index (Phi) is 3.79. The highest BCUT2D eigenvalue weighted by atomic mass is 16.2. The summed E-state index contributed by atoms with van der Waals surface area (Å²) < 4.78 is 1.13.